The maximum absolute atomic E-state index is 13.4. The summed E-state index contributed by atoms with van der Waals surface area (Å²) in [6.45, 7) is 10.1. The number of carbonyl (C=O) groups is 2. The summed E-state index contributed by atoms with van der Waals surface area (Å²) in [6.07, 6.45) is 0. The van der Waals surface area contributed by atoms with Gasteiger partial charge in [-0.15, -0.1) is 0 Å². The summed E-state index contributed by atoms with van der Waals surface area (Å²) in [5.41, 5.74) is 3.76. The molecule has 2 N–H and O–H groups in total. The maximum Gasteiger partial charge on any atom is 0.251 e. The lowest BCUT2D eigenvalue weighted by atomic mass is 9.86. The maximum atomic E-state index is 13.4. The third kappa shape index (κ3) is 6.70. The fourth-order valence-electron chi connectivity index (χ4n) is 4.10. The van der Waals surface area contributed by atoms with E-state index in [4.69, 9.17) is 28.2 Å². The normalized spacial score (nSPS) is 12.3. The molecule has 0 radical (unpaired) electrons. The Hall–Kier alpha value is -3.19. The van der Waals surface area contributed by atoms with E-state index in [0.717, 1.165) is 21.6 Å². The Kier molecular flexibility index (Phi) is 8.80. The number of thiazole rings is 1. The van der Waals surface area contributed by atoms with Gasteiger partial charge in [-0.3, -0.25) is 9.59 Å². The van der Waals surface area contributed by atoms with Gasteiger partial charge in [0.15, 0.2) is 5.13 Å². The molecule has 8 heteroatoms. The lowest BCUT2D eigenvalue weighted by Gasteiger charge is -2.22. The Balaban J connectivity index is 1.61. The average molecular weight is 581 g/mol. The monoisotopic (exact) mass is 579 g/mol. The summed E-state index contributed by atoms with van der Waals surface area (Å²) in [5, 5.41) is 7.31. The van der Waals surface area contributed by atoms with E-state index < -0.39 is 6.04 Å². The fourth-order valence-corrected chi connectivity index (χ4v) is 5.64. The van der Waals surface area contributed by atoms with E-state index >= 15 is 0 Å². The number of aromatic nitrogens is 1. The van der Waals surface area contributed by atoms with Crippen LogP contribution in [0.15, 0.2) is 72.8 Å². The highest BCUT2D eigenvalue weighted by molar-refractivity contribution is 7.19. The largest absolute Gasteiger partial charge is 0.340 e. The predicted octanol–water partition coefficient (Wildman–Crippen LogP) is 8.47. The smallest absolute Gasteiger partial charge is 0.251 e. The Morgan fingerprint density at radius 2 is 1.41 bits per heavy atom. The first-order valence-corrected chi connectivity index (χ1v) is 14.3. The molecule has 4 rings (SSSR count). The molecule has 1 heterocycles. The van der Waals surface area contributed by atoms with Crippen LogP contribution in [-0.4, -0.2) is 22.8 Å². The van der Waals surface area contributed by atoms with Crippen molar-refractivity contribution in [1.29, 1.82) is 0 Å². The van der Waals surface area contributed by atoms with Crippen molar-refractivity contribution in [2.24, 2.45) is 5.92 Å². The van der Waals surface area contributed by atoms with Crippen molar-refractivity contribution in [1.82, 2.24) is 10.3 Å². The number of carbonyl (C=O) groups excluding carboxylic acids is 2. The molecule has 0 saturated carbocycles. The topological polar surface area (TPSA) is 71.1 Å². The second-order valence-corrected chi connectivity index (χ2v) is 12.5. The van der Waals surface area contributed by atoms with Gasteiger partial charge in [-0.1, -0.05) is 118 Å². The predicted molar refractivity (Wildman–Crippen MR) is 163 cm³/mol. The van der Waals surface area contributed by atoms with E-state index in [1.807, 2.05) is 68.4 Å². The number of nitrogens with one attached hydrogen (secondary N) is 2. The highest BCUT2D eigenvalue weighted by Crippen LogP contribution is 2.43. The van der Waals surface area contributed by atoms with Crippen LogP contribution < -0.4 is 10.6 Å². The first-order valence-electron chi connectivity index (χ1n) is 12.7. The molecule has 0 aliphatic carbocycles. The molecule has 3 aromatic carbocycles. The minimum absolute atomic E-state index is 0.0191. The van der Waals surface area contributed by atoms with Crippen LogP contribution in [0.2, 0.25) is 10.0 Å². The second kappa shape index (κ2) is 11.9. The molecular formula is C31H31Cl2N3O2S. The molecule has 0 aliphatic rings. The number of amides is 2. The summed E-state index contributed by atoms with van der Waals surface area (Å²) in [5.74, 6) is -0.819. The Bertz CT molecular complexity index is 1430. The van der Waals surface area contributed by atoms with E-state index in [-0.39, 0.29) is 23.1 Å². The molecule has 0 fully saturated rings. The number of rotatable bonds is 7. The summed E-state index contributed by atoms with van der Waals surface area (Å²) in [6, 6.07) is 21.6. The van der Waals surface area contributed by atoms with Crippen LogP contribution >= 0.6 is 34.5 Å². The zero-order valence-corrected chi connectivity index (χ0v) is 24.8. The third-order valence-corrected chi connectivity index (χ3v) is 8.02. The standard InChI is InChI=1S/C31H31Cl2N3O2S/c1-18(2)25(34-28(37)19-14-16-20(17-15-19)31(3,4)5)29(38)36-30-35-26(21-10-6-8-12-23(21)32)27(39-30)22-11-7-9-13-24(22)33/h6-18,25H,1-5H3,(H,34,37)(H,35,36,38)/t25-/m1/s1. The first-order chi connectivity index (χ1) is 18.5. The molecule has 0 bridgehead atoms. The van der Waals surface area contributed by atoms with E-state index in [0.29, 0.717) is 26.4 Å². The van der Waals surface area contributed by atoms with Crippen LogP contribution in [0.4, 0.5) is 5.13 Å². The quantitative estimate of drug-likeness (QED) is 0.230. The molecule has 1 atom stereocenters. The molecular weight excluding hydrogens is 549 g/mol. The van der Waals surface area contributed by atoms with Crippen LogP contribution in [0.25, 0.3) is 21.7 Å². The van der Waals surface area contributed by atoms with Crippen molar-refractivity contribution < 1.29 is 9.59 Å². The molecule has 39 heavy (non-hydrogen) atoms. The Morgan fingerprint density at radius 1 is 0.846 bits per heavy atom. The van der Waals surface area contributed by atoms with E-state index in [1.165, 1.54) is 11.3 Å². The van der Waals surface area contributed by atoms with Gasteiger partial charge in [0.2, 0.25) is 5.91 Å². The lowest BCUT2D eigenvalue weighted by Crippen LogP contribution is -2.47. The molecule has 0 aliphatic heterocycles. The molecule has 0 saturated heterocycles. The van der Waals surface area contributed by atoms with Crippen molar-refractivity contribution >= 4 is 51.5 Å². The molecule has 0 spiro atoms. The van der Waals surface area contributed by atoms with E-state index in [9.17, 15) is 9.59 Å². The molecule has 2 amide bonds. The first kappa shape index (κ1) is 28.8. The zero-order chi connectivity index (χ0) is 28.3. The molecule has 0 unspecified atom stereocenters. The third-order valence-electron chi connectivity index (χ3n) is 6.35. The zero-order valence-electron chi connectivity index (χ0n) is 22.5. The van der Waals surface area contributed by atoms with Gasteiger partial charge in [0.25, 0.3) is 5.91 Å². The summed E-state index contributed by atoms with van der Waals surface area (Å²) >= 11 is 14.3. The van der Waals surface area contributed by atoms with Crippen LogP contribution in [0.5, 0.6) is 0 Å². The van der Waals surface area contributed by atoms with Crippen LogP contribution in [0.1, 0.15) is 50.5 Å². The minimum Gasteiger partial charge on any atom is -0.340 e. The molecule has 4 aromatic rings. The van der Waals surface area contributed by atoms with Gasteiger partial charge < -0.3 is 10.6 Å². The molecule has 1 aromatic heterocycles. The van der Waals surface area contributed by atoms with Gasteiger partial charge in [-0.05, 0) is 41.2 Å². The van der Waals surface area contributed by atoms with E-state index in [2.05, 4.69) is 31.4 Å². The van der Waals surface area contributed by atoms with Crippen molar-refractivity contribution in [2.75, 3.05) is 5.32 Å². The van der Waals surface area contributed by atoms with Gasteiger partial charge in [0, 0.05) is 21.7 Å². The van der Waals surface area contributed by atoms with Crippen LogP contribution in [0, 0.1) is 5.92 Å². The van der Waals surface area contributed by atoms with Gasteiger partial charge in [0.05, 0.1) is 15.6 Å². The van der Waals surface area contributed by atoms with Gasteiger partial charge >= 0.3 is 0 Å². The number of benzene rings is 3. The van der Waals surface area contributed by atoms with Crippen LogP contribution in [-0.2, 0) is 10.2 Å². The molecule has 202 valence electrons. The Labute approximate surface area is 243 Å². The van der Waals surface area contributed by atoms with Crippen LogP contribution in [0.3, 0.4) is 0 Å². The van der Waals surface area contributed by atoms with E-state index in [1.54, 1.807) is 18.2 Å². The highest BCUT2D eigenvalue weighted by atomic mass is 35.5. The van der Waals surface area contributed by atoms with Crippen molar-refractivity contribution in [3.05, 3.63) is 94.0 Å². The fraction of sp³-hybridized carbons (Fsp3) is 0.258. The highest BCUT2D eigenvalue weighted by Gasteiger charge is 2.27. The number of nitrogens with zero attached hydrogens (tertiary/aromatic N) is 1. The van der Waals surface area contributed by atoms with Crippen molar-refractivity contribution in [3.63, 3.8) is 0 Å². The minimum atomic E-state index is -0.767. The lowest BCUT2D eigenvalue weighted by molar-refractivity contribution is -0.118. The second-order valence-electron chi connectivity index (χ2n) is 10.7. The summed E-state index contributed by atoms with van der Waals surface area (Å²) in [7, 11) is 0. The molecule has 5 nitrogen and oxygen atoms in total. The number of halogens is 2. The van der Waals surface area contributed by atoms with Gasteiger partial charge in [-0.2, -0.15) is 0 Å². The number of hydrogen-bond acceptors (Lipinski definition) is 4. The average Bonchev–Trinajstić information content (AvgIpc) is 3.30. The SMILES string of the molecule is CC(C)[C@@H](NC(=O)c1ccc(C(C)(C)C)cc1)C(=O)Nc1nc(-c2ccccc2Cl)c(-c2ccccc2Cl)s1. The Morgan fingerprint density at radius 3 is 1.95 bits per heavy atom. The number of anilines is 1. The van der Waals surface area contributed by atoms with Crippen molar-refractivity contribution in [3.8, 4) is 21.7 Å². The van der Waals surface area contributed by atoms with Crippen molar-refractivity contribution in [2.45, 2.75) is 46.1 Å². The summed E-state index contributed by atoms with van der Waals surface area (Å²) in [4.78, 5) is 32.0. The van der Waals surface area contributed by atoms with Gasteiger partial charge in [0.1, 0.15) is 6.04 Å². The summed E-state index contributed by atoms with van der Waals surface area (Å²) < 4.78 is 0. The van der Waals surface area contributed by atoms with Gasteiger partial charge in [-0.25, -0.2) is 4.98 Å². The number of hydrogen-bond donors (Lipinski definition) is 2.